The van der Waals surface area contributed by atoms with E-state index < -0.39 is 0 Å². The van der Waals surface area contributed by atoms with E-state index in [4.69, 9.17) is 11.6 Å². The first kappa shape index (κ1) is 12.6. The van der Waals surface area contributed by atoms with Crippen LogP contribution in [0.25, 0.3) is 0 Å². The van der Waals surface area contributed by atoms with Crippen LogP contribution in [-0.2, 0) is 5.41 Å². The maximum atomic E-state index is 6.12. The molecule has 1 heterocycles. The maximum absolute atomic E-state index is 6.12. The largest absolute Gasteiger partial charge is 0.209 e. The molecule has 0 unspecified atom stereocenters. The number of rotatable bonds is 3. The fourth-order valence-electron chi connectivity index (χ4n) is 2.56. The van der Waals surface area contributed by atoms with E-state index in [-0.39, 0.29) is 5.41 Å². The number of nitrogens with zero attached hydrogens (tertiary/aromatic N) is 1. The monoisotopic (exact) mass is 250 g/mol. The normalized spacial score (nSPS) is 17.5. The topological polar surface area (TPSA) is 3.01 Å². The second kappa shape index (κ2) is 4.45. The lowest BCUT2D eigenvalue weighted by atomic mass is 9.82. The van der Waals surface area contributed by atoms with Gasteiger partial charge in [-0.2, -0.15) is 4.58 Å². The first-order chi connectivity index (χ1) is 7.98. The van der Waals surface area contributed by atoms with Crippen LogP contribution >= 0.6 is 11.6 Å². The highest BCUT2D eigenvalue weighted by molar-refractivity contribution is 6.30. The molecular formula is C15H21ClN+. The number of benzene rings is 1. The lowest BCUT2D eigenvalue weighted by Gasteiger charge is -2.14. The van der Waals surface area contributed by atoms with E-state index in [9.17, 15) is 0 Å². The minimum atomic E-state index is 0.105. The van der Waals surface area contributed by atoms with Gasteiger partial charge in [0.05, 0.1) is 5.41 Å². The van der Waals surface area contributed by atoms with Crippen molar-refractivity contribution in [2.45, 2.75) is 46.0 Å². The molecule has 2 rings (SSSR count). The molecule has 0 spiro atoms. The van der Waals surface area contributed by atoms with Gasteiger partial charge >= 0.3 is 0 Å². The lowest BCUT2D eigenvalue weighted by Crippen LogP contribution is -2.26. The molecule has 2 heteroatoms. The highest BCUT2D eigenvalue weighted by Gasteiger charge is 2.42. The van der Waals surface area contributed by atoms with Gasteiger partial charge in [-0.15, -0.1) is 0 Å². The number of halogens is 1. The molecule has 0 saturated heterocycles. The third-order valence-corrected chi connectivity index (χ3v) is 4.20. The van der Waals surface area contributed by atoms with Gasteiger partial charge in [-0.1, -0.05) is 24.9 Å². The quantitative estimate of drug-likeness (QED) is 0.693. The molecule has 1 aliphatic rings. The standard InChI is InChI=1S/C15H21ClN/c1-5-6-9-17-11(2)15(3,4)13-10-12(16)7-8-14(13)17/h7-8,10H,5-6,9H2,1-4H3/q+1. The van der Waals surface area contributed by atoms with Gasteiger partial charge in [-0.05, 0) is 26.0 Å². The smallest absolute Gasteiger partial charge is 0.199 e. The van der Waals surface area contributed by atoms with Gasteiger partial charge < -0.3 is 0 Å². The summed E-state index contributed by atoms with van der Waals surface area (Å²) >= 11 is 6.12. The minimum absolute atomic E-state index is 0.105. The first-order valence-corrected chi connectivity index (χ1v) is 6.78. The van der Waals surface area contributed by atoms with Crippen molar-refractivity contribution >= 4 is 23.0 Å². The molecular weight excluding hydrogens is 230 g/mol. The average Bonchev–Trinajstić information content (AvgIpc) is 2.47. The van der Waals surface area contributed by atoms with Crippen molar-refractivity contribution in [3.63, 3.8) is 0 Å². The molecule has 0 aromatic heterocycles. The van der Waals surface area contributed by atoms with Crippen LogP contribution in [-0.4, -0.2) is 16.8 Å². The Bertz CT molecular complexity index is 472. The summed E-state index contributed by atoms with van der Waals surface area (Å²) in [6.45, 7) is 10.1. The van der Waals surface area contributed by atoms with Gasteiger partial charge in [0.1, 0.15) is 6.54 Å². The van der Waals surface area contributed by atoms with E-state index in [0.717, 1.165) is 11.6 Å². The van der Waals surface area contributed by atoms with E-state index in [1.165, 1.54) is 29.8 Å². The van der Waals surface area contributed by atoms with Crippen LogP contribution < -0.4 is 0 Å². The summed E-state index contributed by atoms with van der Waals surface area (Å²) in [6.07, 6.45) is 2.46. The fourth-order valence-corrected chi connectivity index (χ4v) is 2.73. The molecule has 1 nitrogen and oxygen atoms in total. The number of hydrogen-bond donors (Lipinski definition) is 0. The minimum Gasteiger partial charge on any atom is -0.199 e. The highest BCUT2D eigenvalue weighted by Crippen LogP contribution is 2.40. The Balaban J connectivity index is 2.50. The van der Waals surface area contributed by atoms with Gasteiger partial charge in [-0.25, -0.2) is 0 Å². The summed E-state index contributed by atoms with van der Waals surface area (Å²) in [4.78, 5) is 0. The predicted molar refractivity (Wildman–Crippen MR) is 74.9 cm³/mol. The molecule has 0 atom stereocenters. The summed E-state index contributed by atoms with van der Waals surface area (Å²) < 4.78 is 2.45. The molecule has 1 aliphatic heterocycles. The number of unbranched alkanes of at least 4 members (excludes halogenated alkanes) is 1. The molecule has 92 valence electrons. The lowest BCUT2D eigenvalue weighted by molar-refractivity contribution is -0.439. The van der Waals surface area contributed by atoms with Crippen LogP contribution in [0.5, 0.6) is 0 Å². The highest BCUT2D eigenvalue weighted by atomic mass is 35.5. The van der Waals surface area contributed by atoms with Crippen molar-refractivity contribution in [2.24, 2.45) is 0 Å². The molecule has 17 heavy (non-hydrogen) atoms. The van der Waals surface area contributed by atoms with Gasteiger partial charge in [-0.3, -0.25) is 0 Å². The predicted octanol–water partition coefficient (Wildman–Crippen LogP) is 4.54. The fraction of sp³-hybridized carbons (Fsp3) is 0.533. The second-order valence-electron chi connectivity index (χ2n) is 5.38. The van der Waals surface area contributed by atoms with Gasteiger partial charge in [0, 0.05) is 30.0 Å². The van der Waals surface area contributed by atoms with Crippen molar-refractivity contribution in [1.82, 2.24) is 0 Å². The van der Waals surface area contributed by atoms with Crippen molar-refractivity contribution in [2.75, 3.05) is 6.54 Å². The van der Waals surface area contributed by atoms with Crippen LogP contribution in [0.3, 0.4) is 0 Å². The molecule has 0 N–H and O–H groups in total. The van der Waals surface area contributed by atoms with E-state index >= 15 is 0 Å². The van der Waals surface area contributed by atoms with Gasteiger partial charge in [0.25, 0.3) is 0 Å². The van der Waals surface area contributed by atoms with Crippen LogP contribution in [0.1, 0.15) is 46.1 Å². The Morgan fingerprint density at radius 2 is 2.00 bits per heavy atom. The Labute approximate surface area is 109 Å². The van der Waals surface area contributed by atoms with E-state index in [1.54, 1.807) is 0 Å². The maximum Gasteiger partial charge on any atom is 0.209 e. The molecule has 0 saturated carbocycles. The second-order valence-corrected chi connectivity index (χ2v) is 5.81. The van der Waals surface area contributed by atoms with Crippen molar-refractivity contribution in [3.8, 4) is 0 Å². The molecule has 0 aliphatic carbocycles. The van der Waals surface area contributed by atoms with E-state index in [2.05, 4.69) is 44.4 Å². The Hall–Kier alpha value is -0.820. The third kappa shape index (κ3) is 2.01. The zero-order valence-corrected chi connectivity index (χ0v) is 11.9. The Kier molecular flexibility index (Phi) is 3.31. The first-order valence-electron chi connectivity index (χ1n) is 6.40. The Morgan fingerprint density at radius 1 is 1.29 bits per heavy atom. The molecule has 1 aromatic carbocycles. The van der Waals surface area contributed by atoms with E-state index in [1.807, 2.05) is 6.07 Å². The van der Waals surface area contributed by atoms with Crippen molar-refractivity contribution in [1.29, 1.82) is 0 Å². The van der Waals surface area contributed by atoms with Gasteiger partial charge in [0.15, 0.2) is 5.71 Å². The summed E-state index contributed by atoms with van der Waals surface area (Å²) in [5, 5.41) is 0.835. The number of fused-ring (bicyclic) bond motifs is 1. The summed E-state index contributed by atoms with van der Waals surface area (Å²) in [6, 6.07) is 6.27. The van der Waals surface area contributed by atoms with Gasteiger partial charge in [0.2, 0.25) is 5.69 Å². The summed E-state index contributed by atoms with van der Waals surface area (Å²) in [5.74, 6) is 0. The van der Waals surface area contributed by atoms with Crippen LogP contribution in [0.4, 0.5) is 5.69 Å². The van der Waals surface area contributed by atoms with Crippen molar-refractivity contribution in [3.05, 3.63) is 28.8 Å². The SMILES string of the molecule is CCCC[N+]1=C(C)C(C)(C)c2cc(Cl)ccc21. The number of hydrogen-bond acceptors (Lipinski definition) is 0. The van der Waals surface area contributed by atoms with Crippen LogP contribution in [0.2, 0.25) is 5.02 Å². The van der Waals surface area contributed by atoms with Crippen LogP contribution in [0.15, 0.2) is 18.2 Å². The van der Waals surface area contributed by atoms with E-state index in [0.29, 0.717) is 0 Å². The molecule has 0 bridgehead atoms. The third-order valence-electron chi connectivity index (χ3n) is 3.97. The van der Waals surface area contributed by atoms with Crippen molar-refractivity contribution < 1.29 is 4.58 Å². The zero-order valence-electron chi connectivity index (χ0n) is 11.2. The molecule has 0 fully saturated rings. The van der Waals surface area contributed by atoms with Crippen LogP contribution in [0, 0.1) is 0 Å². The molecule has 0 radical (unpaired) electrons. The Morgan fingerprint density at radius 3 is 2.65 bits per heavy atom. The molecule has 1 aromatic rings. The average molecular weight is 251 g/mol. The summed E-state index contributed by atoms with van der Waals surface area (Å²) in [7, 11) is 0. The summed E-state index contributed by atoms with van der Waals surface area (Å²) in [5.41, 5.74) is 4.24. The zero-order chi connectivity index (χ0) is 12.6. The molecule has 0 amide bonds.